The molecule has 0 heterocycles. The Morgan fingerprint density at radius 2 is 1.78 bits per heavy atom. The molecule has 23 heavy (non-hydrogen) atoms. The van der Waals surface area contributed by atoms with Gasteiger partial charge in [0, 0.05) is 25.7 Å². The molecule has 0 saturated heterocycles. The highest BCUT2D eigenvalue weighted by molar-refractivity contribution is 14.0. The SMILES string of the molecule is CN=C(NCc1cccc(C)c1)NCc1cc(F)ccc1F.I. The quantitative estimate of drug-likeness (QED) is 0.440. The van der Waals surface area contributed by atoms with Crippen LogP contribution in [0.3, 0.4) is 0 Å². The van der Waals surface area contributed by atoms with E-state index in [1.165, 1.54) is 11.6 Å². The van der Waals surface area contributed by atoms with E-state index in [4.69, 9.17) is 0 Å². The summed E-state index contributed by atoms with van der Waals surface area (Å²) >= 11 is 0. The third kappa shape index (κ3) is 6.13. The van der Waals surface area contributed by atoms with Crippen molar-refractivity contribution in [3.05, 3.63) is 70.8 Å². The third-order valence-electron chi connectivity index (χ3n) is 3.22. The van der Waals surface area contributed by atoms with Gasteiger partial charge in [-0.1, -0.05) is 29.8 Å². The predicted molar refractivity (Wildman–Crippen MR) is 100.0 cm³/mol. The number of hydrogen-bond acceptors (Lipinski definition) is 1. The minimum Gasteiger partial charge on any atom is -0.352 e. The summed E-state index contributed by atoms with van der Waals surface area (Å²) in [5.74, 6) is -0.367. The van der Waals surface area contributed by atoms with Crippen molar-refractivity contribution in [3.63, 3.8) is 0 Å². The van der Waals surface area contributed by atoms with Crippen molar-refractivity contribution < 1.29 is 8.78 Å². The van der Waals surface area contributed by atoms with Crippen LogP contribution in [0, 0.1) is 18.6 Å². The van der Waals surface area contributed by atoms with Crippen LogP contribution < -0.4 is 10.6 Å². The molecule has 0 aliphatic carbocycles. The molecule has 2 aromatic rings. The van der Waals surface area contributed by atoms with Crippen LogP contribution in [-0.4, -0.2) is 13.0 Å². The lowest BCUT2D eigenvalue weighted by Gasteiger charge is -2.12. The van der Waals surface area contributed by atoms with Gasteiger partial charge >= 0.3 is 0 Å². The van der Waals surface area contributed by atoms with Gasteiger partial charge in [0.05, 0.1) is 0 Å². The minimum atomic E-state index is -0.457. The first-order chi connectivity index (χ1) is 10.6. The zero-order chi connectivity index (χ0) is 15.9. The topological polar surface area (TPSA) is 36.4 Å². The monoisotopic (exact) mass is 431 g/mol. The average Bonchev–Trinajstić information content (AvgIpc) is 2.51. The molecule has 3 nitrogen and oxygen atoms in total. The molecule has 0 atom stereocenters. The maximum atomic E-state index is 13.6. The molecule has 0 aromatic heterocycles. The number of nitrogens with zero attached hydrogens (tertiary/aromatic N) is 1. The molecule has 0 aliphatic rings. The van der Waals surface area contributed by atoms with Crippen LogP contribution in [0.4, 0.5) is 8.78 Å². The Hall–Kier alpha value is -1.70. The summed E-state index contributed by atoms with van der Waals surface area (Å²) < 4.78 is 26.7. The second kappa shape index (κ2) is 9.44. The van der Waals surface area contributed by atoms with Crippen molar-refractivity contribution in [1.82, 2.24) is 10.6 Å². The van der Waals surface area contributed by atoms with Gasteiger partial charge in [0.25, 0.3) is 0 Å². The van der Waals surface area contributed by atoms with Gasteiger partial charge in [0.1, 0.15) is 11.6 Å². The zero-order valence-corrected chi connectivity index (χ0v) is 15.4. The highest BCUT2D eigenvalue weighted by atomic mass is 127. The summed E-state index contributed by atoms with van der Waals surface area (Å²) in [6.45, 7) is 2.80. The Balaban J connectivity index is 0.00000264. The maximum absolute atomic E-state index is 13.6. The third-order valence-corrected chi connectivity index (χ3v) is 3.22. The van der Waals surface area contributed by atoms with Crippen molar-refractivity contribution in [2.75, 3.05) is 7.05 Å². The van der Waals surface area contributed by atoms with Gasteiger partial charge in [0.2, 0.25) is 0 Å². The van der Waals surface area contributed by atoms with E-state index in [0.717, 1.165) is 17.7 Å². The Morgan fingerprint density at radius 3 is 2.48 bits per heavy atom. The van der Waals surface area contributed by atoms with Crippen LogP contribution >= 0.6 is 24.0 Å². The molecular weight excluding hydrogens is 411 g/mol. The van der Waals surface area contributed by atoms with E-state index in [0.29, 0.717) is 12.5 Å². The fraction of sp³-hybridized carbons (Fsp3) is 0.235. The molecule has 6 heteroatoms. The molecule has 2 N–H and O–H groups in total. The van der Waals surface area contributed by atoms with E-state index < -0.39 is 11.6 Å². The van der Waals surface area contributed by atoms with Crippen LogP contribution in [0.25, 0.3) is 0 Å². The summed E-state index contributed by atoms with van der Waals surface area (Å²) in [4.78, 5) is 4.07. The number of benzene rings is 2. The van der Waals surface area contributed by atoms with Gasteiger partial charge in [-0.25, -0.2) is 8.78 Å². The Bertz CT molecular complexity index is 675. The summed E-state index contributed by atoms with van der Waals surface area (Å²) in [5, 5.41) is 6.11. The molecule has 0 aliphatic heterocycles. The van der Waals surface area contributed by atoms with Crippen LogP contribution in [0.15, 0.2) is 47.5 Å². The first kappa shape index (κ1) is 19.3. The predicted octanol–water partition coefficient (Wildman–Crippen LogP) is 3.76. The standard InChI is InChI=1S/C17H19F2N3.HI/c1-12-4-3-5-13(8-12)10-21-17(20-2)22-11-14-9-15(18)6-7-16(14)19;/h3-9H,10-11H2,1-2H3,(H2,20,21,22);1H. The molecule has 0 spiro atoms. The fourth-order valence-corrected chi connectivity index (χ4v) is 2.09. The second-order valence-electron chi connectivity index (χ2n) is 5.00. The molecule has 0 amide bonds. The molecule has 2 aromatic carbocycles. The fourth-order valence-electron chi connectivity index (χ4n) is 2.09. The van der Waals surface area contributed by atoms with E-state index in [-0.39, 0.29) is 36.1 Å². The molecule has 0 radical (unpaired) electrons. The van der Waals surface area contributed by atoms with Gasteiger partial charge in [-0.2, -0.15) is 0 Å². The number of rotatable bonds is 4. The van der Waals surface area contributed by atoms with Gasteiger partial charge in [0.15, 0.2) is 5.96 Å². The molecule has 124 valence electrons. The Kier molecular flexibility index (Phi) is 7.94. The molecule has 0 saturated carbocycles. The molecule has 0 unspecified atom stereocenters. The number of hydrogen-bond donors (Lipinski definition) is 2. The number of aliphatic imine (C=N–C) groups is 1. The summed E-state index contributed by atoms with van der Waals surface area (Å²) in [6.07, 6.45) is 0. The lowest BCUT2D eigenvalue weighted by atomic mass is 10.1. The second-order valence-corrected chi connectivity index (χ2v) is 5.00. The highest BCUT2D eigenvalue weighted by Gasteiger charge is 2.05. The lowest BCUT2D eigenvalue weighted by molar-refractivity contribution is 0.581. The number of aryl methyl sites for hydroxylation is 1. The van der Waals surface area contributed by atoms with E-state index in [1.54, 1.807) is 7.05 Å². The minimum absolute atomic E-state index is 0. The van der Waals surface area contributed by atoms with Crippen LogP contribution in [0.2, 0.25) is 0 Å². The van der Waals surface area contributed by atoms with Crippen molar-refractivity contribution in [2.24, 2.45) is 4.99 Å². The van der Waals surface area contributed by atoms with Crippen molar-refractivity contribution in [3.8, 4) is 0 Å². The Morgan fingerprint density at radius 1 is 1.04 bits per heavy atom. The molecule has 0 fully saturated rings. The van der Waals surface area contributed by atoms with Gasteiger partial charge in [-0.3, -0.25) is 4.99 Å². The molecular formula is C17H20F2IN3. The number of halogens is 3. The van der Waals surface area contributed by atoms with Gasteiger partial charge < -0.3 is 10.6 Å². The van der Waals surface area contributed by atoms with Gasteiger partial charge in [-0.05, 0) is 30.7 Å². The average molecular weight is 431 g/mol. The van der Waals surface area contributed by atoms with Crippen LogP contribution in [0.5, 0.6) is 0 Å². The normalized spacial score (nSPS) is 10.9. The summed E-state index contributed by atoms with van der Waals surface area (Å²) in [5.41, 5.74) is 2.57. The van der Waals surface area contributed by atoms with Crippen LogP contribution in [-0.2, 0) is 13.1 Å². The smallest absolute Gasteiger partial charge is 0.191 e. The molecule has 2 rings (SSSR count). The van der Waals surface area contributed by atoms with Crippen LogP contribution in [0.1, 0.15) is 16.7 Å². The van der Waals surface area contributed by atoms with Crippen molar-refractivity contribution >= 4 is 29.9 Å². The van der Waals surface area contributed by atoms with E-state index >= 15 is 0 Å². The maximum Gasteiger partial charge on any atom is 0.191 e. The van der Waals surface area contributed by atoms with Gasteiger partial charge in [-0.15, -0.1) is 24.0 Å². The van der Waals surface area contributed by atoms with E-state index in [9.17, 15) is 8.78 Å². The molecule has 0 bridgehead atoms. The van der Waals surface area contributed by atoms with E-state index in [1.807, 2.05) is 25.1 Å². The van der Waals surface area contributed by atoms with Crippen molar-refractivity contribution in [2.45, 2.75) is 20.0 Å². The van der Waals surface area contributed by atoms with E-state index in [2.05, 4.69) is 21.7 Å². The summed E-state index contributed by atoms with van der Waals surface area (Å²) in [7, 11) is 1.63. The first-order valence-corrected chi connectivity index (χ1v) is 7.02. The largest absolute Gasteiger partial charge is 0.352 e. The first-order valence-electron chi connectivity index (χ1n) is 7.02. The number of guanidine groups is 1. The zero-order valence-electron chi connectivity index (χ0n) is 13.1. The number of nitrogens with one attached hydrogen (secondary N) is 2. The lowest BCUT2D eigenvalue weighted by Crippen LogP contribution is -2.36. The highest BCUT2D eigenvalue weighted by Crippen LogP contribution is 2.09. The Labute approximate surface area is 152 Å². The summed E-state index contributed by atoms with van der Waals surface area (Å²) in [6, 6.07) is 11.5. The van der Waals surface area contributed by atoms with Crippen molar-refractivity contribution in [1.29, 1.82) is 0 Å².